The van der Waals surface area contributed by atoms with Crippen LogP contribution in [0.5, 0.6) is 0 Å². The second kappa shape index (κ2) is 11.5. The maximum Gasteiger partial charge on any atom is 0.326 e. The topological polar surface area (TPSA) is 194 Å². The standard InChI is InChI=1S/C12H21N5O6S2/c13-5(3-24)10(20)17-7(4-25)11(21)15-2-9(19)16-6(12(22)23)1-8(14)18/h5-7,24-25H,1-4,13H2,(H2,14,18)(H,15,21)(H,16,19)(H,17,20)(H,22,23). The summed E-state index contributed by atoms with van der Waals surface area (Å²) in [6.45, 7) is -0.569. The molecule has 25 heavy (non-hydrogen) atoms. The fraction of sp³-hybridized carbons (Fsp3) is 0.583. The van der Waals surface area contributed by atoms with E-state index in [0.29, 0.717) is 0 Å². The van der Waals surface area contributed by atoms with Crippen LogP contribution in [-0.2, 0) is 24.0 Å². The predicted molar refractivity (Wildman–Crippen MR) is 94.0 cm³/mol. The minimum absolute atomic E-state index is 0.0576. The number of hydrogen-bond donors (Lipinski definition) is 8. The first-order chi connectivity index (χ1) is 11.6. The molecule has 0 aromatic rings. The van der Waals surface area contributed by atoms with Gasteiger partial charge in [-0.15, -0.1) is 0 Å². The normalized spacial score (nSPS) is 13.9. The average molecular weight is 395 g/mol. The van der Waals surface area contributed by atoms with Crippen LogP contribution in [0.1, 0.15) is 6.42 Å². The number of amides is 4. The Balaban J connectivity index is 4.54. The van der Waals surface area contributed by atoms with Crippen LogP contribution in [0, 0.1) is 0 Å². The molecular weight excluding hydrogens is 374 g/mol. The summed E-state index contributed by atoms with van der Waals surface area (Å²) < 4.78 is 0. The second-order valence-corrected chi connectivity index (χ2v) is 5.61. The van der Waals surface area contributed by atoms with Gasteiger partial charge in [-0.1, -0.05) is 0 Å². The molecule has 0 radical (unpaired) electrons. The number of carboxylic acids is 1. The van der Waals surface area contributed by atoms with Gasteiger partial charge in [-0.3, -0.25) is 19.2 Å². The third-order valence-electron chi connectivity index (χ3n) is 2.81. The Hall–Kier alpha value is -1.99. The Bertz CT molecular complexity index is 532. The van der Waals surface area contributed by atoms with Gasteiger partial charge in [0.1, 0.15) is 12.1 Å². The van der Waals surface area contributed by atoms with Crippen LogP contribution in [0.25, 0.3) is 0 Å². The van der Waals surface area contributed by atoms with E-state index in [1.165, 1.54) is 0 Å². The van der Waals surface area contributed by atoms with E-state index in [9.17, 15) is 24.0 Å². The molecule has 4 amide bonds. The molecule has 0 aliphatic rings. The van der Waals surface area contributed by atoms with Gasteiger partial charge in [0.05, 0.1) is 19.0 Å². The first kappa shape index (κ1) is 23.0. The van der Waals surface area contributed by atoms with Crippen LogP contribution in [-0.4, -0.2) is 70.9 Å². The van der Waals surface area contributed by atoms with E-state index in [0.717, 1.165) is 0 Å². The van der Waals surface area contributed by atoms with E-state index >= 15 is 0 Å². The molecule has 0 saturated carbocycles. The Morgan fingerprint density at radius 2 is 1.56 bits per heavy atom. The molecular formula is C12H21N5O6S2. The van der Waals surface area contributed by atoms with Crippen molar-refractivity contribution >= 4 is 54.9 Å². The average Bonchev–Trinajstić information content (AvgIpc) is 2.55. The first-order valence-electron chi connectivity index (χ1n) is 6.98. The summed E-state index contributed by atoms with van der Waals surface area (Å²) in [5.74, 6) is -4.51. The van der Waals surface area contributed by atoms with E-state index in [-0.39, 0.29) is 11.5 Å². The summed E-state index contributed by atoms with van der Waals surface area (Å²) in [6, 6.07) is -3.46. The molecule has 11 nitrogen and oxygen atoms in total. The summed E-state index contributed by atoms with van der Waals surface area (Å²) in [7, 11) is 0. The van der Waals surface area contributed by atoms with Crippen molar-refractivity contribution in [3.05, 3.63) is 0 Å². The minimum atomic E-state index is -1.50. The number of carboxylic acid groups (broad SMARTS) is 1. The highest BCUT2D eigenvalue weighted by molar-refractivity contribution is 7.80. The molecule has 0 spiro atoms. The van der Waals surface area contributed by atoms with Crippen molar-refractivity contribution in [2.75, 3.05) is 18.1 Å². The molecule has 0 aromatic carbocycles. The zero-order valence-electron chi connectivity index (χ0n) is 13.1. The summed E-state index contributed by atoms with van der Waals surface area (Å²) in [5.41, 5.74) is 10.3. The molecule has 13 heteroatoms. The van der Waals surface area contributed by atoms with Crippen molar-refractivity contribution in [2.45, 2.75) is 24.5 Å². The van der Waals surface area contributed by atoms with Crippen molar-refractivity contribution in [3.8, 4) is 0 Å². The van der Waals surface area contributed by atoms with Gasteiger partial charge >= 0.3 is 5.97 Å². The molecule has 0 rings (SSSR count). The van der Waals surface area contributed by atoms with Crippen LogP contribution >= 0.6 is 25.3 Å². The second-order valence-electron chi connectivity index (χ2n) is 4.88. The number of aliphatic carboxylic acids is 1. The maximum atomic E-state index is 11.9. The Morgan fingerprint density at radius 1 is 0.960 bits per heavy atom. The Kier molecular flexibility index (Phi) is 10.6. The zero-order chi connectivity index (χ0) is 19.6. The maximum absolute atomic E-state index is 11.9. The molecule has 0 saturated heterocycles. The van der Waals surface area contributed by atoms with Crippen LogP contribution in [0.2, 0.25) is 0 Å². The van der Waals surface area contributed by atoms with Crippen molar-refractivity contribution in [2.24, 2.45) is 11.5 Å². The van der Waals surface area contributed by atoms with Gasteiger partial charge in [-0.05, 0) is 0 Å². The predicted octanol–water partition coefficient (Wildman–Crippen LogP) is -3.78. The number of hydrogen-bond acceptors (Lipinski definition) is 8. The lowest BCUT2D eigenvalue weighted by atomic mass is 10.2. The number of carbonyl (C=O) groups is 5. The highest BCUT2D eigenvalue weighted by Crippen LogP contribution is 1.93. The third-order valence-corrected chi connectivity index (χ3v) is 3.57. The Labute approximate surface area is 154 Å². The molecule has 0 aliphatic carbocycles. The molecule has 0 fully saturated rings. The highest BCUT2D eigenvalue weighted by atomic mass is 32.1. The van der Waals surface area contributed by atoms with Crippen molar-refractivity contribution < 1.29 is 29.1 Å². The summed E-state index contributed by atoms with van der Waals surface area (Å²) in [6.07, 6.45) is -0.591. The molecule has 0 aliphatic heterocycles. The molecule has 0 bridgehead atoms. The van der Waals surface area contributed by atoms with E-state index in [2.05, 4.69) is 35.9 Å². The molecule has 142 valence electrons. The fourth-order valence-electron chi connectivity index (χ4n) is 1.49. The van der Waals surface area contributed by atoms with Gasteiger partial charge in [0.2, 0.25) is 23.6 Å². The smallest absolute Gasteiger partial charge is 0.326 e. The molecule has 3 atom stereocenters. The summed E-state index contributed by atoms with van der Waals surface area (Å²) >= 11 is 7.79. The Morgan fingerprint density at radius 3 is 2.00 bits per heavy atom. The van der Waals surface area contributed by atoms with E-state index in [1.807, 2.05) is 5.32 Å². The fourth-order valence-corrected chi connectivity index (χ4v) is 1.92. The zero-order valence-corrected chi connectivity index (χ0v) is 14.9. The van der Waals surface area contributed by atoms with Crippen LogP contribution in [0.4, 0.5) is 0 Å². The molecule has 0 heterocycles. The number of carbonyl (C=O) groups excluding carboxylic acids is 4. The lowest BCUT2D eigenvalue weighted by molar-refractivity contribution is -0.143. The summed E-state index contributed by atoms with van der Waals surface area (Å²) in [4.78, 5) is 56.8. The van der Waals surface area contributed by atoms with Gasteiger partial charge in [-0.25, -0.2) is 4.79 Å². The SMILES string of the molecule is NC(=O)CC(NC(=O)CNC(=O)C(CS)NC(=O)C(N)CS)C(=O)O. The summed E-state index contributed by atoms with van der Waals surface area (Å²) in [5, 5.41) is 15.4. The molecule has 3 unspecified atom stereocenters. The van der Waals surface area contributed by atoms with Gasteiger partial charge in [0.25, 0.3) is 0 Å². The van der Waals surface area contributed by atoms with Gasteiger partial charge < -0.3 is 32.5 Å². The lowest BCUT2D eigenvalue weighted by Gasteiger charge is -2.19. The van der Waals surface area contributed by atoms with E-state index in [4.69, 9.17) is 16.6 Å². The van der Waals surface area contributed by atoms with E-state index in [1.54, 1.807) is 0 Å². The van der Waals surface area contributed by atoms with E-state index < -0.39 is 60.7 Å². The number of primary amides is 1. The third kappa shape index (κ3) is 9.16. The molecule has 8 N–H and O–H groups in total. The monoisotopic (exact) mass is 395 g/mol. The van der Waals surface area contributed by atoms with Gasteiger partial charge in [-0.2, -0.15) is 25.3 Å². The first-order valence-corrected chi connectivity index (χ1v) is 8.24. The van der Waals surface area contributed by atoms with Crippen LogP contribution in [0.3, 0.4) is 0 Å². The van der Waals surface area contributed by atoms with Crippen molar-refractivity contribution in [1.29, 1.82) is 0 Å². The largest absolute Gasteiger partial charge is 0.480 e. The van der Waals surface area contributed by atoms with Crippen LogP contribution in [0.15, 0.2) is 0 Å². The quantitative estimate of drug-likeness (QED) is 0.164. The lowest BCUT2D eigenvalue weighted by Crippen LogP contribution is -2.54. The number of nitrogens with two attached hydrogens (primary N) is 2. The number of nitrogens with one attached hydrogen (secondary N) is 3. The number of rotatable bonds is 11. The van der Waals surface area contributed by atoms with Crippen molar-refractivity contribution in [1.82, 2.24) is 16.0 Å². The molecule has 0 aromatic heterocycles. The van der Waals surface area contributed by atoms with Gasteiger partial charge in [0.15, 0.2) is 0 Å². The van der Waals surface area contributed by atoms with Crippen molar-refractivity contribution in [3.63, 3.8) is 0 Å². The number of thiol groups is 2. The highest BCUT2D eigenvalue weighted by Gasteiger charge is 2.24. The minimum Gasteiger partial charge on any atom is -0.480 e. The van der Waals surface area contributed by atoms with Gasteiger partial charge in [0, 0.05) is 11.5 Å². The van der Waals surface area contributed by atoms with Crippen LogP contribution < -0.4 is 27.4 Å².